The van der Waals surface area contributed by atoms with Gasteiger partial charge in [0.25, 0.3) is 0 Å². The van der Waals surface area contributed by atoms with Gasteiger partial charge in [0.2, 0.25) is 0 Å². The van der Waals surface area contributed by atoms with Crippen molar-refractivity contribution in [3.63, 3.8) is 0 Å². The summed E-state index contributed by atoms with van der Waals surface area (Å²) < 4.78 is 5.79. The molecule has 4 nitrogen and oxygen atoms in total. The van der Waals surface area contributed by atoms with Crippen LogP contribution in [-0.4, -0.2) is 16.6 Å². The SMILES string of the molecule is CCOC(C)(CC)c1nc(N)c2c(n1)CSC2. The van der Waals surface area contributed by atoms with Crippen molar-refractivity contribution >= 4 is 17.6 Å². The highest BCUT2D eigenvalue weighted by Gasteiger charge is 2.31. The Kier molecular flexibility index (Phi) is 3.58. The highest BCUT2D eigenvalue weighted by molar-refractivity contribution is 7.98. The zero-order chi connectivity index (χ0) is 12.5. The summed E-state index contributed by atoms with van der Waals surface area (Å²) in [6.45, 7) is 6.75. The van der Waals surface area contributed by atoms with E-state index in [0.29, 0.717) is 12.4 Å². The Morgan fingerprint density at radius 2 is 2.12 bits per heavy atom. The quantitative estimate of drug-likeness (QED) is 0.893. The lowest BCUT2D eigenvalue weighted by atomic mass is 10.0. The molecule has 0 bridgehead atoms. The molecular weight excluding hydrogens is 234 g/mol. The number of nitrogens with zero attached hydrogens (tertiary/aromatic N) is 2. The minimum Gasteiger partial charge on any atom is -0.383 e. The maximum atomic E-state index is 6.00. The van der Waals surface area contributed by atoms with Gasteiger partial charge in [-0.3, -0.25) is 0 Å². The van der Waals surface area contributed by atoms with Gasteiger partial charge in [-0.15, -0.1) is 0 Å². The number of nitrogen functional groups attached to an aromatic ring is 1. The van der Waals surface area contributed by atoms with Crippen LogP contribution in [0.2, 0.25) is 0 Å². The van der Waals surface area contributed by atoms with Crippen molar-refractivity contribution in [3.05, 3.63) is 17.1 Å². The molecule has 17 heavy (non-hydrogen) atoms. The van der Waals surface area contributed by atoms with Crippen molar-refractivity contribution < 1.29 is 4.74 Å². The summed E-state index contributed by atoms with van der Waals surface area (Å²) in [5.41, 5.74) is 7.76. The average molecular weight is 253 g/mol. The zero-order valence-corrected chi connectivity index (χ0v) is 11.4. The van der Waals surface area contributed by atoms with Gasteiger partial charge in [0, 0.05) is 23.7 Å². The standard InChI is InChI=1S/C12H19N3OS/c1-4-12(3,16-5-2)11-14-9-7-17-6-8(9)10(13)15-11/h4-7H2,1-3H3,(H2,13,14,15). The summed E-state index contributed by atoms with van der Waals surface area (Å²) in [6.07, 6.45) is 0.839. The predicted octanol–water partition coefficient (Wildman–Crippen LogP) is 2.47. The Morgan fingerprint density at radius 3 is 2.76 bits per heavy atom. The predicted molar refractivity (Wildman–Crippen MR) is 70.7 cm³/mol. The van der Waals surface area contributed by atoms with Crippen LogP contribution in [0.25, 0.3) is 0 Å². The van der Waals surface area contributed by atoms with Crippen LogP contribution in [0.15, 0.2) is 0 Å². The second-order valence-electron chi connectivity index (χ2n) is 4.37. The molecule has 1 aliphatic heterocycles. The minimum atomic E-state index is -0.425. The van der Waals surface area contributed by atoms with Gasteiger partial charge in [-0.25, -0.2) is 9.97 Å². The lowest BCUT2D eigenvalue weighted by Crippen LogP contribution is -2.29. The molecule has 5 heteroatoms. The van der Waals surface area contributed by atoms with Gasteiger partial charge in [0.05, 0.1) is 5.69 Å². The third kappa shape index (κ3) is 2.26. The molecule has 0 saturated carbocycles. The van der Waals surface area contributed by atoms with Gasteiger partial charge >= 0.3 is 0 Å². The number of thioether (sulfide) groups is 1. The molecule has 94 valence electrons. The number of nitrogens with two attached hydrogens (primary N) is 1. The molecular formula is C12H19N3OS. The number of aromatic nitrogens is 2. The van der Waals surface area contributed by atoms with Gasteiger partial charge < -0.3 is 10.5 Å². The van der Waals surface area contributed by atoms with Crippen LogP contribution in [0, 0.1) is 0 Å². The van der Waals surface area contributed by atoms with E-state index in [1.54, 1.807) is 0 Å². The van der Waals surface area contributed by atoms with Crippen molar-refractivity contribution in [1.29, 1.82) is 0 Å². The number of fused-ring (bicyclic) bond motifs is 1. The van der Waals surface area contributed by atoms with E-state index in [1.165, 1.54) is 0 Å². The van der Waals surface area contributed by atoms with E-state index in [4.69, 9.17) is 10.5 Å². The minimum absolute atomic E-state index is 0.425. The Labute approximate surface area is 106 Å². The van der Waals surface area contributed by atoms with Gasteiger partial charge in [-0.1, -0.05) is 6.92 Å². The van der Waals surface area contributed by atoms with Crippen molar-refractivity contribution in [3.8, 4) is 0 Å². The summed E-state index contributed by atoms with van der Waals surface area (Å²) in [7, 11) is 0. The van der Waals surface area contributed by atoms with Crippen LogP contribution in [0.1, 0.15) is 44.3 Å². The summed E-state index contributed by atoms with van der Waals surface area (Å²) in [5, 5.41) is 0. The first-order valence-electron chi connectivity index (χ1n) is 5.98. The number of anilines is 1. The molecule has 0 saturated heterocycles. The summed E-state index contributed by atoms with van der Waals surface area (Å²) in [4.78, 5) is 9.07. The lowest BCUT2D eigenvalue weighted by molar-refractivity contribution is -0.0390. The third-order valence-electron chi connectivity index (χ3n) is 3.22. The number of ether oxygens (including phenoxy) is 1. The molecule has 1 aliphatic rings. The normalized spacial score (nSPS) is 17.8. The van der Waals surface area contributed by atoms with E-state index in [0.717, 1.165) is 35.0 Å². The van der Waals surface area contributed by atoms with E-state index >= 15 is 0 Å². The van der Waals surface area contributed by atoms with Crippen LogP contribution < -0.4 is 5.73 Å². The fraction of sp³-hybridized carbons (Fsp3) is 0.667. The van der Waals surface area contributed by atoms with Crippen LogP contribution in [0.4, 0.5) is 5.82 Å². The average Bonchev–Trinajstić information content (AvgIpc) is 2.78. The molecule has 1 aromatic heterocycles. The fourth-order valence-corrected chi connectivity index (χ4v) is 3.01. The number of hydrogen-bond donors (Lipinski definition) is 1. The molecule has 0 aromatic carbocycles. The highest BCUT2D eigenvalue weighted by Crippen LogP contribution is 2.34. The summed E-state index contributed by atoms with van der Waals surface area (Å²) in [5.74, 6) is 3.20. The van der Waals surface area contributed by atoms with Gasteiger partial charge in [0.15, 0.2) is 5.82 Å². The van der Waals surface area contributed by atoms with Crippen molar-refractivity contribution in [2.24, 2.45) is 0 Å². The van der Waals surface area contributed by atoms with Crippen LogP contribution >= 0.6 is 11.8 Å². The molecule has 1 atom stereocenters. The van der Waals surface area contributed by atoms with Crippen molar-refractivity contribution in [2.45, 2.75) is 44.3 Å². The molecule has 2 N–H and O–H groups in total. The Bertz CT molecular complexity index is 424. The van der Waals surface area contributed by atoms with E-state index in [1.807, 2.05) is 25.6 Å². The first kappa shape index (κ1) is 12.6. The molecule has 2 rings (SSSR count). The molecule has 2 heterocycles. The topological polar surface area (TPSA) is 61.0 Å². The molecule has 1 unspecified atom stereocenters. The zero-order valence-electron chi connectivity index (χ0n) is 10.6. The largest absolute Gasteiger partial charge is 0.383 e. The van der Waals surface area contributed by atoms with Crippen molar-refractivity contribution in [2.75, 3.05) is 12.3 Å². The summed E-state index contributed by atoms with van der Waals surface area (Å²) in [6, 6.07) is 0. The Balaban J connectivity index is 2.42. The van der Waals surface area contributed by atoms with Gasteiger partial charge in [0.1, 0.15) is 11.4 Å². The van der Waals surface area contributed by atoms with Crippen molar-refractivity contribution in [1.82, 2.24) is 9.97 Å². The number of hydrogen-bond acceptors (Lipinski definition) is 5. The Morgan fingerprint density at radius 1 is 1.35 bits per heavy atom. The lowest BCUT2D eigenvalue weighted by Gasteiger charge is -2.27. The molecule has 0 aliphatic carbocycles. The maximum Gasteiger partial charge on any atom is 0.162 e. The summed E-state index contributed by atoms with van der Waals surface area (Å²) >= 11 is 1.83. The van der Waals surface area contributed by atoms with Crippen LogP contribution in [-0.2, 0) is 21.8 Å². The molecule has 0 spiro atoms. The molecule has 0 radical (unpaired) electrons. The first-order valence-corrected chi connectivity index (χ1v) is 7.13. The second-order valence-corrected chi connectivity index (χ2v) is 5.35. The van der Waals surface area contributed by atoms with E-state index in [9.17, 15) is 0 Å². The maximum absolute atomic E-state index is 6.00. The second kappa shape index (κ2) is 4.82. The third-order valence-corrected chi connectivity index (χ3v) is 4.19. The van der Waals surface area contributed by atoms with E-state index in [2.05, 4.69) is 16.9 Å². The number of rotatable bonds is 4. The molecule has 1 aromatic rings. The van der Waals surface area contributed by atoms with E-state index in [-0.39, 0.29) is 0 Å². The highest BCUT2D eigenvalue weighted by atomic mass is 32.2. The van der Waals surface area contributed by atoms with Gasteiger partial charge in [-0.2, -0.15) is 11.8 Å². The Hall–Kier alpha value is -0.810. The van der Waals surface area contributed by atoms with E-state index < -0.39 is 5.60 Å². The fourth-order valence-electron chi connectivity index (χ4n) is 1.96. The van der Waals surface area contributed by atoms with Crippen LogP contribution in [0.3, 0.4) is 0 Å². The van der Waals surface area contributed by atoms with Gasteiger partial charge in [-0.05, 0) is 20.3 Å². The smallest absolute Gasteiger partial charge is 0.162 e. The van der Waals surface area contributed by atoms with Crippen LogP contribution in [0.5, 0.6) is 0 Å². The first-order chi connectivity index (χ1) is 8.10. The monoisotopic (exact) mass is 253 g/mol. The molecule has 0 fully saturated rings. The molecule has 0 amide bonds.